The Labute approximate surface area is 198 Å². The second-order valence-corrected chi connectivity index (χ2v) is 8.71. The van der Waals surface area contributed by atoms with Crippen molar-refractivity contribution in [2.75, 3.05) is 40.8 Å². The molecule has 2 rings (SSSR count). The van der Waals surface area contributed by atoms with E-state index in [-0.39, 0.29) is 42.0 Å². The van der Waals surface area contributed by atoms with Crippen LogP contribution in [0.25, 0.3) is 0 Å². The molecule has 8 heteroatoms. The second-order valence-electron chi connectivity index (χ2n) is 8.71. The van der Waals surface area contributed by atoms with Crippen LogP contribution in [0.2, 0.25) is 0 Å². The van der Waals surface area contributed by atoms with Crippen LogP contribution in [-0.4, -0.2) is 63.1 Å². The molecule has 1 aliphatic rings. The molecule has 0 radical (unpaired) electrons. The van der Waals surface area contributed by atoms with E-state index in [0.717, 1.165) is 25.3 Å². The number of guanidine groups is 1. The van der Waals surface area contributed by atoms with Crippen LogP contribution in [0.1, 0.15) is 45.2 Å². The molecule has 1 heterocycles. The fraction of sp³-hybridized carbons (Fsp3) is 0.636. The number of piperidine rings is 1. The zero-order chi connectivity index (χ0) is 21.4. The van der Waals surface area contributed by atoms with E-state index < -0.39 is 0 Å². The molecule has 0 spiro atoms. The molecule has 1 saturated heterocycles. The van der Waals surface area contributed by atoms with Crippen molar-refractivity contribution in [2.45, 2.75) is 45.2 Å². The number of amides is 1. The highest BCUT2D eigenvalue weighted by molar-refractivity contribution is 14.0. The van der Waals surface area contributed by atoms with E-state index in [1.165, 1.54) is 12.0 Å². The van der Waals surface area contributed by atoms with Gasteiger partial charge in [0, 0.05) is 25.2 Å². The molecule has 0 saturated carbocycles. The monoisotopic (exact) mass is 531 g/mol. The Hall–Kier alpha value is -1.55. The number of hydrogen-bond acceptors (Lipinski definition) is 4. The maximum absolute atomic E-state index is 12.0. The van der Waals surface area contributed by atoms with Crippen molar-refractivity contribution >= 4 is 35.8 Å². The van der Waals surface area contributed by atoms with Crippen LogP contribution >= 0.6 is 24.0 Å². The molecule has 0 bridgehead atoms. The van der Waals surface area contributed by atoms with Gasteiger partial charge >= 0.3 is 0 Å². The van der Waals surface area contributed by atoms with Crippen molar-refractivity contribution in [3.63, 3.8) is 0 Å². The summed E-state index contributed by atoms with van der Waals surface area (Å²) in [6.45, 7) is 7.99. The molecule has 0 aliphatic carbocycles. The smallest absolute Gasteiger partial charge is 0.239 e. The lowest BCUT2D eigenvalue weighted by atomic mass is 9.85. The minimum atomic E-state index is -0.242. The summed E-state index contributed by atoms with van der Waals surface area (Å²) in [5.74, 6) is 1.92. The Morgan fingerprint density at radius 1 is 1.23 bits per heavy atom. The van der Waals surface area contributed by atoms with E-state index in [0.29, 0.717) is 17.9 Å². The summed E-state index contributed by atoms with van der Waals surface area (Å²) in [5.41, 5.74) is 1.06. The number of ether oxygens (including phenoxy) is 1. The number of carbonyl (C=O) groups excluding carboxylic acids is 1. The molecule has 1 aliphatic heterocycles. The van der Waals surface area contributed by atoms with Crippen LogP contribution in [0.3, 0.4) is 0 Å². The van der Waals surface area contributed by atoms with E-state index >= 15 is 0 Å². The van der Waals surface area contributed by atoms with Gasteiger partial charge in [-0.2, -0.15) is 0 Å². The minimum absolute atomic E-state index is 0. The van der Waals surface area contributed by atoms with E-state index in [2.05, 4.69) is 45.0 Å². The highest BCUT2D eigenvalue weighted by Gasteiger charge is 2.30. The van der Waals surface area contributed by atoms with Gasteiger partial charge in [-0.25, -0.2) is 0 Å². The van der Waals surface area contributed by atoms with Crippen LogP contribution in [0.4, 0.5) is 0 Å². The zero-order valence-electron chi connectivity index (χ0n) is 19.1. The molecule has 2 unspecified atom stereocenters. The number of carbonyl (C=O) groups is 1. The standard InChI is InChI=1S/C22H37N5O2.HI/c1-22(2,3)26-19(28)15-25-21(23-4)24-14-17-8-7-13-27(5)20(17)16-9-11-18(29-6)12-10-16;/h9-12,17,20H,7-8,13-15H2,1-6H3,(H,26,28)(H2,23,24,25);1H. The first kappa shape index (κ1) is 26.5. The van der Waals surface area contributed by atoms with E-state index in [4.69, 9.17) is 4.74 Å². The summed E-state index contributed by atoms with van der Waals surface area (Å²) in [6, 6.07) is 8.70. The highest BCUT2D eigenvalue weighted by atomic mass is 127. The number of likely N-dealkylation sites (tertiary alicyclic amines) is 1. The Morgan fingerprint density at radius 2 is 1.90 bits per heavy atom. The van der Waals surface area contributed by atoms with Crippen molar-refractivity contribution in [3.8, 4) is 5.75 Å². The third-order valence-electron chi connectivity index (χ3n) is 5.15. The molecule has 1 amide bonds. The van der Waals surface area contributed by atoms with Gasteiger partial charge in [0.05, 0.1) is 13.7 Å². The average molecular weight is 531 g/mol. The SMILES string of the molecule is CN=C(NCC(=O)NC(C)(C)C)NCC1CCCN(C)C1c1ccc(OC)cc1.I. The van der Waals surface area contributed by atoms with Crippen LogP contribution < -0.4 is 20.7 Å². The van der Waals surface area contributed by atoms with Crippen LogP contribution in [0.15, 0.2) is 29.3 Å². The van der Waals surface area contributed by atoms with Crippen molar-refractivity contribution < 1.29 is 9.53 Å². The van der Waals surface area contributed by atoms with Crippen molar-refractivity contribution in [1.82, 2.24) is 20.9 Å². The van der Waals surface area contributed by atoms with Crippen molar-refractivity contribution in [3.05, 3.63) is 29.8 Å². The summed E-state index contributed by atoms with van der Waals surface area (Å²) >= 11 is 0. The lowest BCUT2D eigenvalue weighted by Gasteiger charge is -2.40. The first-order valence-electron chi connectivity index (χ1n) is 10.3. The summed E-state index contributed by atoms with van der Waals surface area (Å²) in [7, 11) is 5.60. The van der Waals surface area contributed by atoms with Crippen molar-refractivity contribution in [1.29, 1.82) is 0 Å². The maximum atomic E-state index is 12.0. The quantitative estimate of drug-likeness (QED) is 0.299. The number of benzene rings is 1. The highest BCUT2D eigenvalue weighted by Crippen LogP contribution is 2.35. The Morgan fingerprint density at radius 3 is 2.47 bits per heavy atom. The van der Waals surface area contributed by atoms with Gasteiger partial charge < -0.3 is 20.7 Å². The molecule has 1 aromatic carbocycles. The molecule has 3 N–H and O–H groups in total. The molecule has 7 nitrogen and oxygen atoms in total. The third-order valence-corrected chi connectivity index (χ3v) is 5.15. The van der Waals surface area contributed by atoms with Gasteiger partial charge in [0.25, 0.3) is 0 Å². The lowest BCUT2D eigenvalue weighted by Crippen LogP contribution is -2.49. The Bertz CT molecular complexity index is 688. The van der Waals surface area contributed by atoms with Crippen LogP contribution in [0.5, 0.6) is 5.75 Å². The van der Waals surface area contributed by atoms with Gasteiger partial charge in [-0.3, -0.25) is 14.7 Å². The van der Waals surface area contributed by atoms with Gasteiger partial charge in [0.1, 0.15) is 5.75 Å². The zero-order valence-corrected chi connectivity index (χ0v) is 21.4. The molecule has 1 aromatic rings. The Kier molecular flexibility index (Phi) is 10.9. The molecular formula is C22H38IN5O2. The molecular weight excluding hydrogens is 493 g/mol. The normalized spacial score (nSPS) is 20.1. The fourth-order valence-electron chi connectivity index (χ4n) is 3.88. The predicted octanol–water partition coefficient (Wildman–Crippen LogP) is 2.78. The summed E-state index contributed by atoms with van der Waals surface area (Å²) in [4.78, 5) is 18.7. The Balaban J connectivity index is 0.00000450. The molecule has 170 valence electrons. The first-order chi connectivity index (χ1) is 13.7. The fourth-order valence-corrected chi connectivity index (χ4v) is 3.88. The largest absolute Gasteiger partial charge is 0.497 e. The topological polar surface area (TPSA) is 78.0 Å². The van der Waals surface area contributed by atoms with Gasteiger partial charge in [-0.1, -0.05) is 12.1 Å². The van der Waals surface area contributed by atoms with Gasteiger partial charge in [0.15, 0.2) is 5.96 Å². The average Bonchev–Trinajstić information content (AvgIpc) is 2.67. The lowest BCUT2D eigenvalue weighted by molar-refractivity contribution is -0.121. The summed E-state index contributed by atoms with van der Waals surface area (Å²) in [6.07, 6.45) is 2.32. The van der Waals surface area contributed by atoms with E-state index in [1.807, 2.05) is 32.9 Å². The number of aliphatic imine (C=N–C) groups is 1. The molecule has 30 heavy (non-hydrogen) atoms. The van der Waals surface area contributed by atoms with Crippen LogP contribution in [-0.2, 0) is 4.79 Å². The maximum Gasteiger partial charge on any atom is 0.239 e. The molecule has 0 aromatic heterocycles. The number of nitrogens with one attached hydrogen (secondary N) is 3. The second kappa shape index (κ2) is 12.3. The molecule has 2 atom stereocenters. The minimum Gasteiger partial charge on any atom is -0.497 e. The number of nitrogens with zero attached hydrogens (tertiary/aromatic N) is 2. The number of methoxy groups -OCH3 is 1. The van der Waals surface area contributed by atoms with E-state index in [1.54, 1.807) is 14.2 Å². The van der Waals surface area contributed by atoms with E-state index in [9.17, 15) is 4.79 Å². The van der Waals surface area contributed by atoms with Gasteiger partial charge in [0.2, 0.25) is 5.91 Å². The number of halogens is 1. The predicted molar refractivity (Wildman–Crippen MR) is 134 cm³/mol. The van der Waals surface area contributed by atoms with Gasteiger partial charge in [-0.05, 0) is 70.8 Å². The van der Waals surface area contributed by atoms with Crippen molar-refractivity contribution in [2.24, 2.45) is 10.9 Å². The van der Waals surface area contributed by atoms with Crippen LogP contribution in [0, 0.1) is 5.92 Å². The number of hydrogen-bond donors (Lipinski definition) is 3. The number of rotatable bonds is 6. The first-order valence-corrected chi connectivity index (χ1v) is 10.3. The van der Waals surface area contributed by atoms with Gasteiger partial charge in [-0.15, -0.1) is 24.0 Å². The third kappa shape index (κ3) is 8.29. The summed E-state index contributed by atoms with van der Waals surface area (Å²) in [5, 5.41) is 9.46. The molecule has 1 fully saturated rings. The summed E-state index contributed by atoms with van der Waals surface area (Å²) < 4.78 is 5.30.